The molecule has 1 atom stereocenters. The van der Waals surface area contributed by atoms with Crippen LogP contribution in [0.2, 0.25) is 0 Å². The third kappa shape index (κ3) is 4.68. The lowest BCUT2D eigenvalue weighted by Gasteiger charge is -2.07. The predicted molar refractivity (Wildman–Crippen MR) is 81.4 cm³/mol. The summed E-state index contributed by atoms with van der Waals surface area (Å²) in [4.78, 5) is 16.3. The molecule has 0 saturated heterocycles. The molecule has 0 bridgehead atoms. The van der Waals surface area contributed by atoms with Crippen LogP contribution in [0.5, 0.6) is 0 Å². The number of pyridine rings is 1. The van der Waals surface area contributed by atoms with Crippen LogP contribution in [-0.4, -0.2) is 21.0 Å². The fourth-order valence-electron chi connectivity index (χ4n) is 1.64. The van der Waals surface area contributed by atoms with Gasteiger partial charge in [0.1, 0.15) is 6.61 Å². The van der Waals surface area contributed by atoms with Gasteiger partial charge in [0.05, 0.1) is 10.8 Å². The van der Waals surface area contributed by atoms with E-state index in [0.29, 0.717) is 11.4 Å². The maximum absolute atomic E-state index is 11.6. The minimum atomic E-state index is -0.991. The maximum atomic E-state index is 11.6. The average Bonchev–Trinajstić information content (AvgIpc) is 2.54. The second kappa shape index (κ2) is 7.54. The molecule has 2 rings (SSSR count). The second-order valence-corrected chi connectivity index (χ2v) is 5.96. The van der Waals surface area contributed by atoms with Gasteiger partial charge >= 0.3 is 6.09 Å². The van der Waals surface area contributed by atoms with Gasteiger partial charge in [-0.2, -0.15) is 0 Å². The van der Waals surface area contributed by atoms with E-state index in [0.717, 1.165) is 10.5 Å². The number of amides is 1. The largest absolute Gasteiger partial charge is 0.444 e. The number of carbonyl (C=O) groups is 1. The van der Waals surface area contributed by atoms with Crippen molar-refractivity contribution >= 4 is 22.6 Å². The third-order valence-electron chi connectivity index (χ3n) is 2.72. The van der Waals surface area contributed by atoms with Crippen LogP contribution in [0.15, 0.2) is 53.7 Å². The Kier molecular flexibility index (Phi) is 5.45. The standard InChI is InChI=1S/C15H16N2O3S/c1-2-21(19)14-7-5-13(6-8-14)17-15(18)20-11-12-4-3-9-16-10-12/h3-10H,2,11H2,1H3,(H,17,18). The fraction of sp³-hybridized carbons (Fsp3) is 0.200. The van der Waals surface area contributed by atoms with Gasteiger partial charge in [-0.05, 0) is 30.3 Å². The van der Waals surface area contributed by atoms with Crippen LogP contribution in [0, 0.1) is 0 Å². The van der Waals surface area contributed by atoms with E-state index in [1.54, 1.807) is 42.7 Å². The van der Waals surface area contributed by atoms with Crippen LogP contribution in [0.4, 0.5) is 10.5 Å². The highest BCUT2D eigenvalue weighted by Gasteiger charge is 2.05. The van der Waals surface area contributed by atoms with E-state index in [-0.39, 0.29) is 6.61 Å². The van der Waals surface area contributed by atoms with Gasteiger partial charge in [0.25, 0.3) is 0 Å². The van der Waals surface area contributed by atoms with E-state index in [4.69, 9.17) is 4.74 Å². The molecule has 110 valence electrons. The number of anilines is 1. The van der Waals surface area contributed by atoms with Crippen molar-refractivity contribution in [1.82, 2.24) is 4.98 Å². The molecule has 1 unspecified atom stereocenters. The first-order valence-corrected chi connectivity index (χ1v) is 7.82. The van der Waals surface area contributed by atoms with Crippen LogP contribution in [0.25, 0.3) is 0 Å². The van der Waals surface area contributed by atoms with Gasteiger partial charge in [0, 0.05) is 34.3 Å². The maximum Gasteiger partial charge on any atom is 0.411 e. The van der Waals surface area contributed by atoms with Crippen LogP contribution in [0.1, 0.15) is 12.5 Å². The van der Waals surface area contributed by atoms with Crippen molar-refractivity contribution in [2.75, 3.05) is 11.1 Å². The van der Waals surface area contributed by atoms with Crippen LogP contribution in [0.3, 0.4) is 0 Å². The van der Waals surface area contributed by atoms with Gasteiger partial charge in [-0.25, -0.2) is 4.79 Å². The Morgan fingerprint density at radius 1 is 1.29 bits per heavy atom. The highest BCUT2D eigenvalue weighted by molar-refractivity contribution is 7.85. The second-order valence-electron chi connectivity index (χ2n) is 4.22. The van der Waals surface area contributed by atoms with Gasteiger partial charge in [-0.1, -0.05) is 13.0 Å². The fourth-order valence-corrected chi connectivity index (χ4v) is 2.42. The lowest BCUT2D eigenvalue weighted by atomic mass is 10.3. The number of hydrogen-bond donors (Lipinski definition) is 1. The number of benzene rings is 1. The molecule has 2 aromatic rings. The van der Waals surface area contributed by atoms with Gasteiger partial charge in [0.2, 0.25) is 0 Å². The van der Waals surface area contributed by atoms with Crippen molar-refractivity contribution in [3.05, 3.63) is 54.4 Å². The number of hydrogen-bond acceptors (Lipinski definition) is 4. The summed E-state index contributed by atoms with van der Waals surface area (Å²) in [6.07, 6.45) is 2.76. The molecule has 0 aliphatic carbocycles. The zero-order valence-corrected chi connectivity index (χ0v) is 12.4. The molecule has 0 aliphatic rings. The summed E-state index contributed by atoms with van der Waals surface area (Å²) in [7, 11) is -0.991. The summed E-state index contributed by atoms with van der Waals surface area (Å²) in [6.45, 7) is 2.02. The highest BCUT2D eigenvalue weighted by Crippen LogP contribution is 2.13. The summed E-state index contributed by atoms with van der Waals surface area (Å²) >= 11 is 0. The Bertz CT molecular complexity index is 615. The first-order valence-electron chi connectivity index (χ1n) is 6.50. The lowest BCUT2D eigenvalue weighted by molar-refractivity contribution is 0.155. The summed E-state index contributed by atoms with van der Waals surface area (Å²) in [5, 5.41) is 2.62. The first-order chi connectivity index (χ1) is 10.2. The molecule has 0 saturated carbocycles. The predicted octanol–water partition coefficient (Wildman–Crippen LogP) is 2.96. The molecule has 1 aromatic heterocycles. The first kappa shape index (κ1) is 15.2. The topological polar surface area (TPSA) is 68.3 Å². The Hall–Kier alpha value is -2.21. The Morgan fingerprint density at radius 2 is 2.05 bits per heavy atom. The molecular weight excluding hydrogens is 288 g/mol. The number of nitrogens with one attached hydrogen (secondary N) is 1. The van der Waals surface area contributed by atoms with Crippen LogP contribution in [-0.2, 0) is 22.1 Å². The molecule has 5 nitrogen and oxygen atoms in total. The van der Waals surface area contributed by atoms with Gasteiger partial charge < -0.3 is 4.74 Å². The zero-order chi connectivity index (χ0) is 15.1. The van der Waals surface area contributed by atoms with Crippen molar-refractivity contribution in [3.8, 4) is 0 Å². The molecule has 0 radical (unpaired) electrons. The summed E-state index contributed by atoms with van der Waals surface area (Å²) in [6, 6.07) is 10.5. The summed E-state index contributed by atoms with van der Waals surface area (Å²) < 4.78 is 16.7. The molecule has 0 fully saturated rings. The number of ether oxygens (including phenoxy) is 1. The van der Waals surface area contributed by atoms with E-state index in [9.17, 15) is 9.00 Å². The van der Waals surface area contributed by atoms with Gasteiger partial charge in [0.15, 0.2) is 0 Å². The third-order valence-corrected chi connectivity index (χ3v) is 4.04. The molecule has 0 aliphatic heterocycles. The van der Waals surface area contributed by atoms with Crippen molar-refractivity contribution < 1.29 is 13.7 Å². The van der Waals surface area contributed by atoms with Crippen LogP contribution < -0.4 is 5.32 Å². The van der Waals surface area contributed by atoms with E-state index >= 15 is 0 Å². The normalized spacial score (nSPS) is 11.7. The monoisotopic (exact) mass is 304 g/mol. The average molecular weight is 304 g/mol. The summed E-state index contributed by atoms with van der Waals surface area (Å²) in [5.74, 6) is 0.569. The molecule has 0 spiro atoms. The highest BCUT2D eigenvalue weighted by atomic mass is 32.2. The molecule has 1 aromatic carbocycles. The number of carbonyl (C=O) groups excluding carboxylic acids is 1. The minimum absolute atomic E-state index is 0.164. The van der Waals surface area contributed by atoms with E-state index < -0.39 is 16.9 Å². The van der Waals surface area contributed by atoms with Crippen molar-refractivity contribution in [1.29, 1.82) is 0 Å². The minimum Gasteiger partial charge on any atom is -0.444 e. The van der Waals surface area contributed by atoms with Crippen molar-refractivity contribution in [3.63, 3.8) is 0 Å². The van der Waals surface area contributed by atoms with E-state index in [2.05, 4.69) is 10.3 Å². The van der Waals surface area contributed by atoms with Gasteiger partial charge in [-0.3, -0.25) is 14.5 Å². The molecule has 1 amide bonds. The summed E-state index contributed by atoms with van der Waals surface area (Å²) in [5.41, 5.74) is 1.42. The molecule has 21 heavy (non-hydrogen) atoms. The van der Waals surface area contributed by atoms with E-state index in [1.165, 1.54) is 0 Å². The van der Waals surface area contributed by atoms with Gasteiger partial charge in [-0.15, -0.1) is 0 Å². The Morgan fingerprint density at radius 3 is 2.67 bits per heavy atom. The molecule has 1 heterocycles. The number of rotatable bonds is 5. The SMILES string of the molecule is CCS(=O)c1ccc(NC(=O)OCc2cccnc2)cc1. The number of nitrogens with zero attached hydrogens (tertiary/aromatic N) is 1. The number of aromatic nitrogens is 1. The van der Waals surface area contributed by atoms with Crippen molar-refractivity contribution in [2.45, 2.75) is 18.4 Å². The molecule has 1 N–H and O–H groups in total. The smallest absolute Gasteiger partial charge is 0.411 e. The van der Waals surface area contributed by atoms with E-state index in [1.807, 2.05) is 13.0 Å². The molecule has 6 heteroatoms. The molecular formula is C15H16N2O3S. The quantitative estimate of drug-likeness (QED) is 0.922. The Labute approximate surface area is 125 Å². The van der Waals surface area contributed by atoms with Crippen molar-refractivity contribution in [2.24, 2.45) is 0 Å². The lowest BCUT2D eigenvalue weighted by Crippen LogP contribution is -2.13. The van der Waals surface area contributed by atoms with Crippen LogP contribution >= 0.6 is 0 Å². The Balaban J connectivity index is 1.86. The zero-order valence-electron chi connectivity index (χ0n) is 11.6.